The Morgan fingerprint density at radius 3 is 3.22 bits per heavy atom. The largest absolute Gasteiger partial charge is 0.312 e. The van der Waals surface area contributed by atoms with E-state index in [9.17, 15) is 0 Å². The fourth-order valence-electron chi connectivity index (χ4n) is 2.64. The smallest absolute Gasteiger partial charge is 0.0702 e. The predicted molar refractivity (Wildman–Crippen MR) is 74.5 cm³/mol. The maximum Gasteiger partial charge on any atom is 0.0702 e. The lowest BCUT2D eigenvalue weighted by atomic mass is 10.1. The SMILES string of the molecule is CC1CN(Cc2ccc3ncccc3c2)CCN1. The van der Waals surface area contributed by atoms with Gasteiger partial charge in [0.2, 0.25) is 0 Å². The second-order valence-electron chi connectivity index (χ2n) is 5.12. The van der Waals surface area contributed by atoms with Crippen molar-refractivity contribution in [1.82, 2.24) is 15.2 Å². The molecule has 0 spiro atoms. The van der Waals surface area contributed by atoms with E-state index in [1.165, 1.54) is 10.9 Å². The van der Waals surface area contributed by atoms with Crippen molar-refractivity contribution in [2.75, 3.05) is 19.6 Å². The maximum absolute atomic E-state index is 4.36. The number of nitrogens with zero attached hydrogens (tertiary/aromatic N) is 2. The van der Waals surface area contributed by atoms with Gasteiger partial charge in [0.15, 0.2) is 0 Å². The molecule has 0 radical (unpaired) electrons. The van der Waals surface area contributed by atoms with Crippen LogP contribution in [0.15, 0.2) is 36.5 Å². The summed E-state index contributed by atoms with van der Waals surface area (Å²) < 4.78 is 0. The van der Waals surface area contributed by atoms with Crippen molar-refractivity contribution in [2.24, 2.45) is 0 Å². The Labute approximate surface area is 108 Å². The van der Waals surface area contributed by atoms with E-state index in [0.717, 1.165) is 31.7 Å². The van der Waals surface area contributed by atoms with E-state index >= 15 is 0 Å². The van der Waals surface area contributed by atoms with Gasteiger partial charge in [-0.25, -0.2) is 0 Å². The van der Waals surface area contributed by atoms with Crippen LogP contribution in [0, 0.1) is 0 Å². The Balaban J connectivity index is 1.78. The highest BCUT2D eigenvalue weighted by molar-refractivity contribution is 5.78. The van der Waals surface area contributed by atoms with E-state index in [1.54, 1.807) is 0 Å². The molecule has 3 heteroatoms. The van der Waals surface area contributed by atoms with E-state index < -0.39 is 0 Å². The van der Waals surface area contributed by atoms with Gasteiger partial charge in [-0.2, -0.15) is 0 Å². The van der Waals surface area contributed by atoms with Gasteiger partial charge in [-0.15, -0.1) is 0 Å². The van der Waals surface area contributed by atoms with Gasteiger partial charge in [0, 0.05) is 43.8 Å². The molecular formula is C15H19N3. The van der Waals surface area contributed by atoms with Crippen LogP contribution in [-0.2, 0) is 6.54 Å². The Morgan fingerprint density at radius 2 is 2.33 bits per heavy atom. The molecule has 1 aliphatic rings. The molecule has 2 heterocycles. The van der Waals surface area contributed by atoms with Crippen LogP contribution in [-0.4, -0.2) is 35.6 Å². The monoisotopic (exact) mass is 241 g/mol. The Morgan fingerprint density at radius 1 is 1.39 bits per heavy atom. The molecule has 1 atom stereocenters. The van der Waals surface area contributed by atoms with Gasteiger partial charge in [-0.05, 0) is 30.7 Å². The third-order valence-electron chi connectivity index (χ3n) is 3.53. The molecule has 0 amide bonds. The first kappa shape index (κ1) is 11.6. The van der Waals surface area contributed by atoms with Gasteiger partial charge in [-0.1, -0.05) is 12.1 Å². The minimum absolute atomic E-state index is 0.598. The van der Waals surface area contributed by atoms with Crippen molar-refractivity contribution >= 4 is 10.9 Å². The molecule has 18 heavy (non-hydrogen) atoms. The normalized spacial score (nSPS) is 21.3. The van der Waals surface area contributed by atoms with E-state index in [0.29, 0.717) is 6.04 Å². The molecule has 1 aliphatic heterocycles. The Hall–Kier alpha value is -1.45. The third kappa shape index (κ3) is 2.52. The second kappa shape index (κ2) is 5.04. The fourth-order valence-corrected chi connectivity index (χ4v) is 2.64. The quantitative estimate of drug-likeness (QED) is 0.872. The van der Waals surface area contributed by atoms with Crippen molar-refractivity contribution in [1.29, 1.82) is 0 Å². The summed E-state index contributed by atoms with van der Waals surface area (Å²) in [6.07, 6.45) is 1.85. The maximum atomic E-state index is 4.36. The van der Waals surface area contributed by atoms with Gasteiger partial charge in [0.1, 0.15) is 0 Å². The first-order valence-corrected chi connectivity index (χ1v) is 6.61. The average Bonchev–Trinajstić information content (AvgIpc) is 2.39. The lowest BCUT2D eigenvalue weighted by Crippen LogP contribution is -2.48. The molecule has 0 bridgehead atoms. The van der Waals surface area contributed by atoms with Crippen molar-refractivity contribution in [3.8, 4) is 0 Å². The summed E-state index contributed by atoms with van der Waals surface area (Å²) in [5.41, 5.74) is 2.46. The standard InChI is InChI=1S/C15H19N3/c1-12-10-18(8-7-16-12)11-13-4-5-15-14(9-13)3-2-6-17-15/h2-6,9,12,16H,7-8,10-11H2,1H3. The van der Waals surface area contributed by atoms with Crippen LogP contribution in [0.4, 0.5) is 0 Å². The highest BCUT2D eigenvalue weighted by Gasteiger charge is 2.15. The van der Waals surface area contributed by atoms with E-state index in [-0.39, 0.29) is 0 Å². The first-order chi connectivity index (χ1) is 8.81. The van der Waals surface area contributed by atoms with Gasteiger partial charge in [0.25, 0.3) is 0 Å². The summed E-state index contributed by atoms with van der Waals surface area (Å²) in [5.74, 6) is 0. The molecule has 1 saturated heterocycles. The zero-order valence-corrected chi connectivity index (χ0v) is 10.8. The number of hydrogen-bond donors (Lipinski definition) is 1. The van der Waals surface area contributed by atoms with Crippen LogP contribution in [0.2, 0.25) is 0 Å². The summed E-state index contributed by atoms with van der Waals surface area (Å²) in [4.78, 5) is 6.87. The molecule has 3 rings (SSSR count). The first-order valence-electron chi connectivity index (χ1n) is 6.61. The second-order valence-corrected chi connectivity index (χ2v) is 5.12. The van der Waals surface area contributed by atoms with Crippen molar-refractivity contribution in [3.05, 3.63) is 42.1 Å². The molecule has 1 aromatic heterocycles. The molecule has 3 nitrogen and oxygen atoms in total. The molecule has 1 unspecified atom stereocenters. The molecular weight excluding hydrogens is 222 g/mol. The molecule has 0 saturated carbocycles. The minimum Gasteiger partial charge on any atom is -0.312 e. The van der Waals surface area contributed by atoms with Crippen LogP contribution in [0.25, 0.3) is 10.9 Å². The lowest BCUT2D eigenvalue weighted by Gasteiger charge is -2.31. The lowest BCUT2D eigenvalue weighted by molar-refractivity contribution is 0.200. The molecule has 1 fully saturated rings. The van der Waals surface area contributed by atoms with Gasteiger partial charge in [-0.3, -0.25) is 9.88 Å². The van der Waals surface area contributed by atoms with Crippen molar-refractivity contribution < 1.29 is 0 Å². The summed E-state index contributed by atoms with van der Waals surface area (Å²) in [6.45, 7) is 6.64. The highest BCUT2D eigenvalue weighted by atomic mass is 15.2. The van der Waals surface area contributed by atoms with Crippen LogP contribution in [0.3, 0.4) is 0 Å². The zero-order valence-electron chi connectivity index (χ0n) is 10.8. The van der Waals surface area contributed by atoms with Crippen molar-refractivity contribution in [2.45, 2.75) is 19.5 Å². The number of hydrogen-bond acceptors (Lipinski definition) is 3. The van der Waals surface area contributed by atoms with Crippen LogP contribution in [0.1, 0.15) is 12.5 Å². The summed E-state index contributed by atoms with van der Waals surface area (Å²) in [6, 6.07) is 11.3. The molecule has 1 N–H and O–H groups in total. The molecule has 0 aliphatic carbocycles. The van der Waals surface area contributed by atoms with E-state index in [2.05, 4.69) is 46.4 Å². The summed E-state index contributed by atoms with van der Waals surface area (Å²) in [5, 5.41) is 4.71. The molecule has 1 aromatic carbocycles. The highest BCUT2D eigenvalue weighted by Crippen LogP contribution is 2.15. The topological polar surface area (TPSA) is 28.2 Å². The summed E-state index contributed by atoms with van der Waals surface area (Å²) >= 11 is 0. The zero-order chi connectivity index (χ0) is 12.4. The predicted octanol–water partition coefficient (Wildman–Crippen LogP) is 2.03. The Bertz CT molecular complexity index is 538. The van der Waals surface area contributed by atoms with Crippen LogP contribution in [0.5, 0.6) is 0 Å². The minimum atomic E-state index is 0.598. The number of benzene rings is 1. The molecule has 94 valence electrons. The van der Waals surface area contributed by atoms with Gasteiger partial charge < -0.3 is 5.32 Å². The number of rotatable bonds is 2. The van der Waals surface area contributed by atoms with E-state index in [4.69, 9.17) is 0 Å². The van der Waals surface area contributed by atoms with Gasteiger partial charge >= 0.3 is 0 Å². The number of piperazine rings is 1. The number of fused-ring (bicyclic) bond motifs is 1. The number of aromatic nitrogens is 1. The van der Waals surface area contributed by atoms with E-state index in [1.807, 2.05) is 12.3 Å². The van der Waals surface area contributed by atoms with Gasteiger partial charge in [0.05, 0.1) is 5.52 Å². The fraction of sp³-hybridized carbons (Fsp3) is 0.400. The van der Waals surface area contributed by atoms with Crippen LogP contribution >= 0.6 is 0 Å². The molecule has 2 aromatic rings. The number of pyridine rings is 1. The number of nitrogens with one attached hydrogen (secondary N) is 1. The third-order valence-corrected chi connectivity index (χ3v) is 3.53. The Kier molecular flexibility index (Phi) is 3.26. The van der Waals surface area contributed by atoms with Crippen molar-refractivity contribution in [3.63, 3.8) is 0 Å². The summed E-state index contributed by atoms with van der Waals surface area (Å²) in [7, 11) is 0. The average molecular weight is 241 g/mol. The van der Waals surface area contributed by atoms with Crippen LogP contribution < -0.4 is 5.32 Å².